The van der Waals surface area contributed by atoms with Crippen molar-refractivity contribution in [3.05, 3.63) is 121 Å². The molecule has 0 aliphatic rings. The molecule has 4 aromatic rings. The molecule has 0 unspecified atom stereocenters. The third kappa shape index (κ3) is 4.27. The van der Waals surface area contributed by atoms with Gasteiger partial charge >= 0.3 is 0 Å². The van der Waals surface area contributed by atoms with E-state index in [1.165, 1.54) is 0 Å². The van der Waals surface area contributed by atoms with Crippen LogP contribution in [0.5, 0.6) is 0 Å². The van der Waals surface area contributed by atoms with Crippen LogP contribution in [-0.4, -0.2) is 5.96 Å². The normalized spacial score (nSPS) is 11.1. The Bertz CT molecular complexity index is 975. The zero-order valence-corrected chi connectivity index (χ0v) is 15.4. The van der Waals surface area contributed by atoms with Gasteiger partial charge in [0.15, 0.2) is 0 Å². The van der Waals surface area contributed by atoms with Crippen LogP contribution < -0.4 is 10.2 Å². The van der Waals surface area contributed by atoms with Gasteiger partial charge in [-0.25, -0.2) is 10.3 Å². The van der Waals surface area contributed by atoms with Crippen LogP contribution in [0.2, 0.25) is 0 Å². The van der Waals surface area contributed by atoms with Crippen LogP contribution in [0.1, 0.15) is 0 Å². The first kappa shape index (κ1) is 17.6. The molecule has 0 heterocycles. The Morgan fingerprint density at radius 2 is 0.857 bits per heavy atom. The Kier molecular flexibility index (Phi) is 5.45. The van der Waals surface area contributed by atoms with Crippen molar-refractivity contribution in [1.29, 1.82) is 0 Å². The van der Waals surface area contributed by atoms with Gasteiger partial charge in [-0.15, -0.1) is 0 Å². The number of benzene rings is 4. The van der Waals surface area contributed by atoms with Gasteiger partial charge in [-0.05, 0) is 48.5 Å². The molecule has 3 heteroatoms. The lowest BCUT2D eigenvalue weighted by Gasteiger charge is -2.26. The highest BCUT2D eigenvalue weighted by atomic mass is 15.3. The molecule has 0 bridgehead atoms. The lowest BCUT2D eigenvalue weighted by Crippen LogP contribution is -2.31. The fourth-order valence-electron chi connectivity index (χ4n) is 2.90. The molecule has 1 radical (unpaired) electrons. The molecule has 0 saturated carbocycles. The molecule has 3 nitrogen and oxygen atoms in total. The second-order valence-electron chi connectivity index (χ2n) is 6.20. The van der Waals surface area contributed by atoms with Crippen molar-refractivity contribution in [2.45, 2.75) is 0 Å². The molecule has 4 aromatic carbocycles. The van der Waals surface area contributed by atoms with Crippen molar-refractivity contribution in [1.82, 2.24) is 5.32 Å². The fraction of sp³-hybridized carbons (Fsp3) is 0. The summed E-state index contributed by atoms with van der Waals surface area (Å²) in [5.41, 5.74) is 3.72. The number of nitrogens with zero attached hydrogens (tertiary/aromatic N) is 3. The summed E-state index contributed by atoms with van der Waals surface area (Å²) in [7, 11) is 0. The molecule has 0 aliphatic carbocycles. The highest BCUT2D eigenvalue weighted by Gasteiger charge is 2.18. The Morgan fingerprint density at radius 3 is 1.32 bits per heavy atom. The van der Waals surface area contributed by atoms with E-state index in [1.54, 1.807) is 0 Å². The second kappa shape index (κ2) is 8.69. The van der Waals surface area contributed by atoms with Crippen LogP contribution in [0.25, 0.3) is 0 Å². The van der Waals surface area contributed by atoms with Crippen LogP contribution in [-0.2, 0) is 0 Å². The average Bonchev–Trinajstić information content (AvgIpc) is 2.77. The summed E-state index contributed by atoms with van der Waals surface area (Å²) in [4.78, 5) is 6.95. The summed E-state index contributed by atoms with van der Waals surface area (Å²) < 4.78 is 0. The summed E-state index contributed by atoms with van der Waals surface area (Å²) in [5.74, 6) is 0.606. The maximum atomic E-state index is 4.88. The van der Waals surface area contributed by atoms with Crippen molar-refractivity contribution in [3.63, 3.8) is 0 Å². The first-order chi connectivity index (χ1) is 13.9. The zero-order chi connectivity index (χ0) is 19.0. The smallest absolute Gasteiger partial charge is 0.235 e. The molecule has 0 aliphatic heterocycles. The predicted molar refractivity (Wildman–Crippen MR) is 117 cm³/mol. The van der Waals surface area contributed by atoms with Gasteiger partial charge in [0.05, 0.1) is 11.4 Å². The van der Waals surface area contributed by atoms with Gasteiger partial charge in [0, 0.05) is 11.4 Å². The maximum absolute atomic E-state index is 4.88. The van der Waals surface area contributed by atoms with E-state index in [4.69, 9.17) is 10.3 Å². The highest BCUT2D eigenvalue weighted by molar-refractivity contribution is 6.05. The number of hydrogen-bond donors (Lipinski definition) is 0. The van der Waals surface area contributed by atoms with Gasteiger partial charge in [0.25, 0.3) is 0 Å². The third-order valence-electron chi connectivity index (χ3n) is 4.20. The minimum absolute atomic E-state index is 0.606. The van der Waals surface area contributed by atoms with Crippen molar-refractivity contribution in [3.8, 4) is 0 Å². The average molecular weight is 362 g/mol. The molecule has 0 saturated heterocycles. The fourth-order valence-corrected chi connectivity index (χ4v) is 2.90. The Morgan fingerprint density at radius 1 is 0.464 bits per heavy atom. The summed E-state index contributed by atoms with van der Waals surface area (Å²) >= 11 is 0. The number of para-hydroxylation sites is 4. The van der Waals surface area contributed by atoms with E-state index in [1.807, 2.05) is 97.1 Å². The lowest BCUT2D eigenvalue weighted by molar-refractivity contribution is 1.15. The molecule has 0 aromatic heterocycles. The minimum atomic E-state index is 0.606. The van der Waals surface area contributed by atoms with Crippen LogP contribution in [0.3, 0.4) is 0 Å². The largest absolute Gasteiger partial charge is 0.279 e. The highest BCUT2D eigenvalue weighted by Crippen LogP contribution is 2.27. The van der Waals surface area contributed by atoms with E-state index in [2.05, 4.69) is 29.2 Å². The molecule has 0 fully saturated rings. The first-order valence-electron chi connectivity index (χ1n) is 9.21. The van der Waals surface area contributed by atoms with Crippen LogP contribution in [0.4, 0.5) is 22.7 Å². The van der Waals surface area contributed by atoms with Crippen molar-refractivity contribution >= 4 is 28.7 Å². The lowest BCUT2D eigenvalue weighted by atomic mass is 10.2. The quantitative estimate of drug-likeness (QED) is 0.303. The summed E-state index contributed by atoms with van der Waals surface area (Å²) in [6.07, 6.45) is 0. The number of rotatable bonds is 4. The van der Waals surface area contributed by atoms with Gasteiger partial charge in [-0.2, -0.15) is 0 Å². The van der Waals surface area contributed by atoms with E-state index >= 15 is 0 Å². The number of guanidine groups is 1. The Hall–Kier alpha value is -3.85. The summed E-state index contributed by atoms with van der Waals surface area (Å²) in [5, 5.41) is 4.88. The minimum Gasteiger partial charge on any atom is -0.279 e. The number of aliphatic imine (C=N–C) groups is 1. The molecule has 0 N–H and O–H groups in total. The molecule has 0 amide bonds. The van der Waals surface area contributed by atoms with Crippen molar-refractivity contribution < 1.29 is 0 Å². The molecular weight excluding hydrogens is 342 g/mol. The summed E-state index contributed by atoms with van der Waals surface area (Å²) in [6.45, 7) is 0. The van der Waals surface area contributed by atoms with E-state index in [-0.39, 0.29) is 0 Å². The standard InChI is InChI=1S/C25H20N3/c1-5-13-21(14-6-1)26-25(27-22-15-7-2-8-16-22)28(23-17-9-3-10-18-23)24-19-11-4-12-20-24/h1-20H. The molecule has 135 valence electrons. The molecule has 0 atom stereocenters. The van der Waals surface area contributed by atoms with Crippen LogP contribution in [0.15, 0.2) is 126 Å². The summed E-state index contributed by atoms with van der Waals surface area (Å²) in [6, 6.07) is 40.2. The third-order valence-corrected chi connectivity index (χ3v) is 4.20. The predicted octanol–water partition coefficient (Wildman–Crippen LogP) is 6.45. The van der Waals surface area contributed by atoms with E-state index in [0.717, 1.165) is 22.7 Å². The first-order valence-corrected chi connectivity index (χ1v) is 9.21. The number of anilines is 2. The van der Waals surface area contributed by atoms with E-state index in [0.29, 0.717) is 5.96 Å². The monoisotopic (exact) mass is 362 g/mol. The van der Waals surface area contributed by atoms with Gasteiger partial charge in [0.1, 0.15) is 0 Å². The van der Waals surface area contributed by atoms with E-state index in [9.17, 15) is 0 Å². The van der Waals surface area contributed by atoms with Crippen LogP contribution in [0, 0.1) is 0 Å². The zero-order valence-electron chi connectivity index (χ0n) is 15.4. The molecule has 28 heavy (non-hydrogen) atoms. The maximum Gasteiger partial charge on any atom is 0.235 e. The molecule has 0 spiro atoms. The SMILES string of the molecule is c1ccc([N]C(=Nc2ccccc2)N(c2ccccc2)c2ccccc2)cc1. The van der Waals surface area contributed by atoms with Gasteiger partial charge < -0.3 is 0 Å². The van der Waals surface area contributed by atoms with Gasteiger partial charge in [-0.3, -0.25) is 4.90 Å². The molecular formula is C25H20N3. The van der Waals surface area contributed by atoms with Gasteiger partial charge in [0.2, 0.25) is 5.96 Å². The second-order valence-corrected chi connectivity index (χ2v) is 6.20. The molecule has 4 rings (SSSR count). The van der Waals surface area contributed by atoms with Gasteiger partial charge in [-0.1, -0.05) is 72.8 Å². The van der Waals surface area contributed by atoms with Crippen LogP contribution >= 0.6 is 0 Å². The Balaban J connectivity index is 1.84. The van der Waals surface area contributed by atoms with Crippen molar-refractivity contribution in [2.24, 2.45) is 4.99 Å². The Labute approximate surface area is 165 Å². The van der Waals surface area contributed by atoms with E-state index < -0.39 is 0 Å². The topological polar surface area (TPSA) is 29.7 Å². The van der Waals surface area contributed by atoms with Crippen molar-refractivity contribution in [2.75, 3.05) is 4.90 Å². The number of hydrogen-bond acceptors (Lipinski definition) is 1.